The first-order valence-corrected chi connectivity index (χ1v) is 10.5. The van der Waals surface area contributed by atoms with E-state index in [1.807, 2.05) is 24.3 Å². The summed E-state index contributed by atoms with van der Waals surface area (Å²) in [7, 11) is 0. The molecule has 1 aromatic heterocycles. The van der Waals surface area contributed by atoms with Gasteiger partial charge in [-0.2, -0.15) is 5.26 Å². The highest BCUT2D eigenvalue weighted by Gasteiger charge is 2.47. The number of nitrogens with zero attached hydrogens (tertiary/aromatic N) is 3. The minimum absolute atomic E-state index is 0.0529. The first kappa shape index (κ1) is 20.5. The van der Waals surface area contributed by atoms with Crippen LogP contribution in [0.3, 0.4) is 0 Å². The van der Waals surface area contributed by atoms with Crippen LogP contribution in [0.25, 0.3) is 11.3 Å². The second-order valence-electron chi connectivity index (χ2n) is 7.92. The molecule has 8 heteroatoms. The summed E-state index contributed by atoms with van der Waals surface area (Å²) in [5, 5.41) is 15.9. The lowest BCUT2D eigenvalue weighted by Gasteiger charge is -2.18. The first-order valence-electron chi connectivity index (χ1n) is 10.5. The lowest BCUT2D eigenvalue weighted by atomic mass is 10.1. The molecular weight excluding hydrogens is 409 g/mol. The molecule has 0 unspecified atom stereocenters. The molecule has 0 radical (unpaired) electrons. The van der Waals surface area contributed by atoms with E-state index in [0.717, 1.165) is 5.56 Å². The van der Waals surface area contributed by atoms with Gasteiger partial charge in [0.05, 0.1) is 42.6 Å². The molecule has 0 aliphatic carbocycles. The number of fused-ring (bicyclic) bond motifs is 1. The van der Waals surface area contributed by atoms with E-state index in [2.05, 4.69) is 26.7 Å². The third-order valence-corrected chi connectivity index (χ3v) is 5.77. The average Bonchev–Trinajstić information content (AvgIpc) is 3.41. The standard InChI is InChI=1S/C24H22FN5O2/c25-18-6-2-5-17(10-18)19-7-8-27-24(29-19)30-21-14-32-22-20(13-31-23(21)22)28-12-16-4-1-3-15(9-16)11-26/h1-10,20-23,28H,12-14H2,(H,27,29,30)/t20-,21-,22+,23+/m0/s1. The molecule has 2 aliphatic rings. The maximum absolute atomic E-state index is 13.6. The predicted molar refractivity (Wildman–Crippen MR) is 116 cm³/mol. The Morgan fingerprint density at radius 1 is 1.03 bits per heavy atom. The van der Waals surface area contributed by atoms with Crippen LogP contribution in [0, 0.1) is 17.1 Å². The van der Waals surface area contributed by atoms with Crippen LogP contribution in [0.15, 0.2) is 60.8 Å². The number of aromatic nitrogens is 2. The van der Waals surface area contributed by atoms with Crippen molar-refractivity contribution in [1.29, 1.82) is 5.26 Å². The quantitative estimate of drug-likeness (QED) is 0.620. The van der Waals surface area contributed by atoms with Crippen molar-refractivity contribution < 1.29 is 13.9 Å². The van der Waals surface area contributed by atoms with Gasteiger partial charge < -0.3 is 20.1 Å². The summed E-state index contributed by atoms with van der Waals surface area (Å²) < 4.78 is 25.6. The van der Waals surface area contributed by atoms with Crippen molar-refractivity contribution in [3.63, 3.8) is 0 Å². The molecule has 3 aromatic rings. The van der Waals surface area contributed by atoms with Crippen LogP contribution < -0.4 is 10.6 Å². The number of hydrogen-bond donors (Lipinski definition) is 2. The zero-order chi connectivity index (χ0) is 21.9. The largest absolute Gasteiger partial charge is 0.371 e. The van der Waals surface area contributed by atoms with E-state index in [9.17, 15) is 4.39 Å². The van der Waals surface area contributed by atoms with E-state index in [1.165, 1.54) is 12.1 Å². The fourth-order valence-electron chi connectivity index (χ4n) is 4.20. The van der Waals surface area contributed by atoms with Crippen LogP contribution in [0.5, 0.6) is 0 Å². The Morgan fingerprint density at radius 2 is 1.84 bits per heavy atom. The molecule has 3 heterocycles. The molecule has 2 fully saturated rings. The van der Waals surface area contributed by atoms with E-state index in [-0.39, 0.29) is 30.1 Å². The zero-order valence-electron chi connectivity index (χ0n) is 17.2. The van der Waals surface area contributed by atoms with Gasteiger partial charge in [0.15, 0.2) is 0 Å². The second kappa shape index (κ2) is 9.01. The highest BCUT2D eigenvalue weighted by atomic mass is 19.1. The zero-order valence-corrected chi connectivity index (χ0v) is 17.2. The number of halogens is 1. The van der Waals surface area contributed by atoms with Gasteiger partial charge >= 0.3 is 0 Å². The van der Waals surface area contributed by atoms with Crippen LogP contribution >= 0.6 is 0 Å². The summed E-state index contributed by atoms with van der Waals surface area (Å²) in [6.07, 6.45) is 1.44. The summed E-state index contributed by atoms with van der Waals surface area (Å²) in [6, 6.07) is 17.7. The Hall–Kier alpha value is -3.38. The molecule has 5 rings (SSSR count). The minimum Gasteiger partial charge on any atom is -0.371 e. The van der Waals surface area contributed by atoms with Gasteiger partial charge in [0.25, 0.3) is 0 Å². The van der Waals surface area contributed by atoms with Crippen molar-refractivity contribution in [2.75, 3.05) is 18.5 Å². The number of hydrogen-bond acceptors (Lipinski definition) is 7. The molecule has 2 aliphatic heterocycles. The van der Waals surface area contributed by atoms with Crippen molar-refractivity contribution in [1.82, 2.24) is 15.3 Å². The molecule has 2 N–H and O–H groups in total. The average molecular weight is 431 g/mol. The van der Waals surface area contributed by atoms with Crippen molar-refractivity contribution in [3.05, 3.63) is 77.7 Å². The lowest BCUT2D eigenvalue weighted by Crippen LogP contribution is -2.41. The third kappa shape index (κ3) is 4.32. The van der Waals surface area contributed by atoms with Crippen LogP contribution in [0.1, 0.15) is 11.1 Å². The van der Waals surface area contributed by atoms with E-state index in [1.54, 1.807) is 24.4 Å². The Kier molecular flexibility index (Phi) is 5.77. The lowest BCUT2D eigenvalue weighted by molar-refractivity contribution is 0.0675. The van der Waals surface area contributed by atoms with Crippen molar-refractivity contribution in [2.24, 2.45) is 0 Å². The predicted octanol–water partition coefficient (Wildman–Crippen LogP) is 2.89. The number of ether oxygens (including phenoxy) is 2. The van der Waals surface area contributed by atoms with Gasteiger partial charge in [-0.15, -0.1) is 0 Å². The van der Waals surface area contributed by atoms with Crippen molar-refractivity contribution >= 4 is 5.95 Å². The smallest absolute Gasteiger partial charge is 0.223 e. The maximum Gasteiger partial charge on any atom is 0.223 e. The highest BCUT2D eigenvalue weighted by molar-refractivity contribution is 5.60. The summed E-state index contributed by atoms with van der Waals surface area (Å²) in [5.74, 6) is 0.147. The fraction of sp³-hybridized carbons (Fsp3) is 0.292. The van der Waals surface area contributed by atoms with Crippen molar-refractivity contribution in [2.45, 2.75) is 30.8 Å². The fourth-order valence-corrected chi connectivity index (χ4v) is 4.20. The maximum atomic E-state index is 13.6. The normalized spacial score (nSPS) is 24.1. The van der Waals surface area contributed by atoms with Crippen LogP contribution in [-0.2, 0) is 16.0 Å². The molecule has 162 valence electrons. The Labute approximate surface area is 185 Å². The molecule has 0 spiro atoms. The first-order chi connectivity index (χ1) is 15.7. The van der Waals surface area contributed by atoms with Crippen LogP contribution in [-0.4, -0.2) is 47.5 Å². The summed E-state index contributed by atoms with van der Waals surface area (Å²) in [5.41, 5.74) is 3.02. The monoisotopic (exact) mass is 431 g/mol. The minimum atomic E-state index is -0.306. The Balaban J connectivity index is 1.22. The van der Waals surface area contributed by atoms with Crippen molar-refractivity contribution in [3.8, 4) is 17.3 Å². The molecule has 2 aromatic carbocycles. The molecule has 7 nitrogen and oxygen atoms in total. The Bertz CT molecular complexity index is 1150. The van der Waals surface area contributed by atoms with Gasteiger partial charge in [-0.25, -0.2) is 14.4 Å². The Morgan fingerprint density at radius 3 is 2.69 bits per heavy atom. The van der Waals surface area contributed by atoms with E-state index >= 15 is 0 Å². The highest BCUT2D eigenvalue weighted by Crippen LogP contribution is 2.29. The van der Waals surface area contributed by atoms with Gasteiger partial charge in [0.2, 0.25) is 5.95 Å². The number of anilines is 1. The van der Waals surface area contributed by atoms with E-state index < -0.39 is 0 Å². The third-order valence-electron chi connectivity index (χ3n) is 5.77. The number of nitriles is 1. The molecule has 0 bridgehead atoms. The number of benzene rings is 2. The SMILES string of the molecule is N#Cc1cccc(CN[C@H]2CO[C@H]3[C@@H]2OC[C@@H]3Nc2nccc(-c3cccc(F)c3)n2)c1. The van der Waals surface area contributed by atoms with Gasteiger partial charge in [0.1, 0.15) is 18.0 Å². The van der Waals surface area contributed by atoms with Gasteiger partial charge in [0, 0.05) is 18.3 Å². The molecule has 4 atom stereocenters. The summed E-state index contributed by atoms with van der Waals surface area (Å²) in [4.78, 5) is 8.84. The molecule has 32 heavy (non-hydrogen) atoms. The number of rotatable bonds is 6. The van der Waals surface area contributed by atoms with Gasteiger partial charge in [-0.1, -0.05) is 24.3 Å². The second-order valence-corrected chi connectivity index (χ2v) is 7.92. The molecule has 2 saturated heterocycles. The van der Waals surface area contributed by atoms with E-state index in [4.69, 9.17) is 14.7 Å². The number of nitrogens with one attached hydrogen (secondary N) is 2. The summed E-state index contributed by atoms with van der Waals surface area (Å²) >= 11 is 0. The van der Waals surface area contributed by atoms with E-state index in [0.29, 0.717) is 42.5 Å². The molecular formula is C24H22FN5O2. The van der Waals surface area contributed by atoms with Gasteiger partial charge in [-0.3, -0.25) is 0 Å². The summed E-state index contributed by atoms with van der Waals surface area (Å²) in [6.45, 7) is 1.65. The van der Waals surface area contributed by atoms with Crippen LogP contribution in [0.2, 0.25) is 0 Å². The molecule has 0 amide bonds. The van der Waals surface area contributed by atoms with Gasteiger partial charge in [-0.05, 0) is 35.9 Å². The molecule has 0 saturated carbocycles. The topological polar surface area (TPSA) is 92.1 Å². The van der Waals surface area contributed by atoms with Crippen LogP contribution in [0.4, 0.5) is 10.3 Å².